The van der Waals surface area contributed by atoms with E-state index in [1.54, 1.807) is 7.11 Å². The number of ether oxygens (including phenoxy) is 1. The van der Waals surface area contributed by atoms with Gasteiger partial charge in [-0.3, -0.25) is 14.0 Å². The van der Waals surface area contributed by atoms with E-state index in [9.17, 15) is 9.59 Å². The summed E-state index contributed by atoms with van der Waals surface area (Å²) < 4.78 is 26.2. The third-order valence-electron chi connectivity index (χ3n) is 8.01. The Labute approximate surface area is 201 Å². The van der Waals surface area contributed by atoms with E-state index in [0.29, 0.717) is 39.8 Å². The first-order valence-corrected chi connectivity index (χ1v) is 13.3. The van der Waals surface area contributed by atoms with Gasteiger partial charge in [-0.05, 0) is 62.5 Å². The number of hydrogen-bond acceptors (Lipinski definition) is 6. The van der Waals surface area contributed by atoms with Crippen molar-refractivity contribution in [3.63, 3.8) is 0 Å². The molecule has 1 aromatic carbocycles. The molecule has 2 saturated carbocycles. The van der Waals surface area contributed by atoms with Crippen LogP contribution >= 0.6 is 11.5 Å². The molecule has 7 nitrogen and oxygen atoms in total. The van der Waals surface area contributed by atoms with Gasteiger partial charge in [-0.1, -0.05) is 12.8 Å². The molecule has 3 aromatic rings. The van der Waals surface area contributed by atoms with E-state index >= 15 is 4.39 Å². The van der Waals surface area contributed by atoms with E-state index in [1.807, 2.05) is 4.57 Å². The van der Waals surface area contributed by atoms with E-state index in [0.717, 1.165) is 32.4 Å². The molecule has 34 heavy (non-hydrogen) atoms. The molecule has 3 aliphatic rings. The number of hydrogen-bond donors (Lipinski definition) is 2. The van der Waals surface area contributed by atoms with Gasteiger partial charge < -0.3 is 19.5 Å². The van der Waals surface area contributed by atoms with E-state index in [-0.39, 0.29) is 16.8 Å². The molecule has 1 aliphatic heterocycles. The minimum absolute atomic E-state index is 0.117. The molecular formula is C25H31FN4O3S. The van der Waals surface area contributed by atoms with Crippen molar-refractivity contribution in [2.24, 2.45) is 5.92 Å². The predicted molar refractivity (Wildman–Crippen MR) is 134 cm³/mol. The van der Waals surface area contributed by atoms with Gasteiger partial charge in [0.05, 0.1) is 18.0 Å². The molecule has 2 aromatic heterocycles. The number of nitrogens with one attached hydrogen (secondary N) is 2. The third-order valence-corrected chi connectivity index (χ3v) is 8.89. The summed E-state index contributed by atoms with van der Waals surface area (Å²) in [4.78, 5) is 28.3. The van der Waals surface area contributed by atoms with Crippen molar-refractivity contribution in [2.75, 3.05) is 25.1 Å². The van der Waals surface area contributed by atoms with E-state index < -0.39 is 16.8 Å². The van der Waals surface area contributed by atoms with Gasteiger partial charge in [0, 0.05) is 31.2 Å². The molecule has 6 rings (SSSR count). The van der Waals surface area contributed by atoms with Gasteiger partial charge in [-0.25, -0.2) is 4.39 Å². The van der Waals surface area contributed by atoms with E-state index in [4.69, 9.17) is 4.74 Å². The highest BCUT2D eigenvalue weighted by atomic mass is 32.1. The molecule has 1 unspecified atom stereocenters. The van der Waals surface area contributed by atoms with Crippen LogP contribution < -0.4 is 25.9 Å². The maximum absolute atomic E-state index is 15.7. The summed E-state index contributed by atoms with van der Waals surface area (Å²) in [5, 5.41) is 4.13. The van der Waals surface area contributed by atoms with Gasteiger partial charge in [0.1, 0.15) is 15.9 Å². The Morgan fingerprint density at radius 3 is 2.68 bits per heavy atom. The first kappa shape index (κ1) is 22.1. The molecule has 182 valence electrons. The van der Waals surface area contributed by atoms with Crippen LogP contribution in [0.25, 0.3) is 21.1 Å². The Hall–Kier alpha value is -2.39. The molecule has 2 atom stereocenters. The lowest BCUT2D eigenvalue weighted by atomic mass is 9.99. The number of anilines is 1. The van der Waals surface area contributed by atoms with Crippen molar-refractivity contribution in [1.82, 2.24) is 14.3 Å². The van der Waals surface area contributed by atoms with Gasteiger partial charge in [-0.15, -0.1) is 0 Å². The van der Waals surface area contributed by atoms with Crippen LogP contribution in [0.15, 0.2) is 15.7 Å². The lowest BCUT2D eigenvalue weighted by Gasteiger charge is -2.27. The monoisotopic (exact) mass is 486 g/mol. The molecular weight excluding hydrogens is 455 g/mol. The lowest BCUT2D eigenvalue weighted by molar-refractivity contribution is 0.356. The van der Waals surface area contributed by atoms with Crippen molar-refractivity contribution in [1.29, 1.82) is 0 Å². The summed E-state index contributed by atoms with van der Waals surface area (Å²) >= 11 is 1.17. The fraction of sp³-hybridized carbons (Fsp3) is 0.600. The molecule has 2 N–H and O–H groups in total. The summed E-state index contributed by atoms with van der Waals surface area (Å²) in [5.74, 6) is 0.356. The normalized spacial score (nSPS) is 22.3. The molecule has 0 amide bonds. The Balaban J connectivity index is 1.44. The van der Waals surface area contributed by atoms with Gasteiger partial charge >= 0.3 is 0 Å². The van der Waals surface area contributed by atoms with Crippen LogP contribution in [0.4, 0.5) is 10.1 Å². The highest BCUT2D eigenvalue weighted by molar-refractivity contribution is 7.12. The molecule has 3 fully saturated rings. The summed E-state index contributed by atoms with van der Waals surface area (Å²) in [7, 11) is 1.54. The SMILES string of the molecule is COc1c(N2CC[C@@H](C(C)NC3CCCC3)C2)c(F)cc2c(=O)c3c(=O)[nH]sc3n(C3CC3)c12. The second kappa shape index (κ2) is 8.37. The minimum Gasteiger partial charge on any atom is -0.492 e. The van der Waals surface area contributed by atoms with Crippen molar-refractivity contribution in [3.05, 3.63) is 32.5 Å². The number of rotatable bonds is 6. The van der Waals surface area contributed by atoms with Gasteiger partial charge in [0.15, 0.2) is 11.6 Å². The number of aromatic amines is 1. The molecule has 1 saturated heterocycles. The first-order valence-electron chi connectivity index (χ1n) is 12.4. The maximum Gasteiger partial charge on any atom is 0.271 e. The number of H-pyrrole nitrogens is 1. The van der Waals surface area contributed by atoms with Crippen molar-refractivity contribution < 1.29 is 9.13 Å². The van der Waals surface area contributed by atoms with Crippen LogP contribution in [-0.2, 0) is 0 Å². The minimum atomic E-state index is -0.466. The maximum atomic E-state index is 15.7. The average molecular weight is 487 g/mol. The quantitative estimate of drug-likeness (QED) is 0.548. The fourth-order valence-corrected chi connectivity index (χ4v) is 7.00. The number of benzene rings is 1. The Kier molecular flexibility index (Phi) is 5.44. The zero-order valence-corrected chi connectivity index (χ0v) is 20.5. The summed E-state index contributed by atoms with van der Waals surface area (Å²) in [5.41, 5.74) is 0.203. The average Bonchev–Trinajstić information content (AvgIpc) is 3.18. The molecule has 2 aliphatic carbocycles. The van der Waals surface area contributed by atoms with Crippen LogP contribution in [0.3, 0.4) is 0 Å². The largest absolute Gasteiger partial charge is 0.492 e. The Morgan fingerprint density at radius 2 is 1.97 bits per heavy atom. The predicted octanol–water partition coefficient (Wildman–Crippen LogP) is 4.13. The van der Waals surface area contributed by atoms with Crippen molar-refractivity contribution in [3.8, 4) is 5.75 Å². The number of halogens is 1. The number of methoxy groups -OCH3 is 1. The van der Waals surface area contributed by atoms with Crippen molar-refractivity contribution >= 4 is 38.3 Å². The molecule has 0 spiro atoms. The Morgan fingerprint density at radius 1 is 1.21 bits per heavy atom. The highest BCUT2D eigenvalue weighted by Crippen LogP contribution is 2.46. The summed E-state index contributed by atoms with van der Waals surface area (Å²) in [6.45, 7) is 3.73. The second-order valence-electron chi connectivity index (χ2n) is 10.2. The highest BCUT2D eigenvalue weighted by Gasteiger charge is 2.35. The van der Waals surface area contributed by atoms with Crippen LogP contribution in [-0.4, -0.2) is 41.2 Å². The van der Waals surface area contributed by atoms with Crippen molar-refractivity contribution in [2.45, 2.75) is 70.0 Å². The first-order chi connectivity index (χ1) is 16.5. The second-order valence-corrected chi connectivity index (χ2v) is 11.0. The summed E-state index contributed by atoms with van der Waals surface area (Å²) in [6.07, 6.45) is 7.99. The van der Waals surface area contributed by atoms with Gasteiger partial charge in [0.25, 0.3) is 5.56 Å². The molecule has 0 radical (unpaired) electrons. The number of pyridine rings is 1. The number of aromatic nitrogens is 2. The van der Waals surface area contributed by atoms with Crippen LogP contribution in [0.2, 0.25) is 0 Å². The zero-order valence-electron chi connectivity index (χ0n) is 19.7. The van der Waals surface area contributed by atoms with Crippen LogP contribution in [0, 0.1) is 11.7 Å². The van der Waals surface area contributed by atoms with Crippen LogP contribution in [0.1, 0.15) is 57.9 Å². The Bertz CT molecular complexity index is 1370. The number of nitrogens with zero attached hydrogens (tertiary/aromatic N) is 2. The lowest BCUT2D eigenvalue weighted by Crippen LogP contribution is -2.40. The molecule has 0 bridgehead atoms. The van der Waals surface area contributed by atoms with E-state index in [2.05, 4.69) is 21.5 Å². The fourth-order valence-electron chi connectivity index (χ4n) is 6.09. The zero-order chi connectivity index (χ0) is 23.6. The van der Waals surface area contributed by atoms with Gasteiger partial charge in [-0.2, -0.15) is 0 Å². The van der Waals surface area contributed by atoms with E-state index in [1.165, 1.54) is 43.3 Å². The standard InChI is InChI=1S/C25H31FN4O3S/c1-13(27-15-5-3-4-6-15)14-9-10-29(12-14)21-18(26)11-17-20(23(21)33-2)30(16-7-8-16)25-19(22(17)31)24(32)28-34-25/h11,13-16,27H,3-10,12H2,1-2H3,(H,28,32)/t13?,14-/m1/s1. The molecule has 3 heterocycles. The smallest absolute Gasteiger partial charge is 0.271 e. The number of fused-ring (bicyclic) bond motifs is 2. The topological polar surface area (TPSA) is 79.4 Å². The molecule has 9 heteroatoms. The van der Waals surface area contributed by atoms with Gasteiger partial charge in [0.2, 0.25) is 5.43 Å². The van der Waals surface area contributed by atoms with Crippen LogP contribution in [0.5, 0.6) is 5.75 Å². The summed E-state index contributed by atoms with van der Waals surface area (Å²) in [6, 6.07) is 2.47. The third kappa shape index (κ3) is 3.47.